The van der Waals surface area contributed by atoms with Crippen LogP contribution in [-0.4, -0.2) is 19.5 Å². The molecule has 0 amide bonds. The van der Waals surface area contributed by atoms with Crippen LogP contribution in [0.3, 0.4) is 0 Å². The summed E-state index contributed by atoms with van der Waals surface area (Å²) in [6, 6.07) is 17.0. The number of furan rings is 1. The summed E-state index contributed by atoms with van der Waals surface area (Å²) < 4.78 is 14.0. The number of hydrogen-bond donors (Lipinski definition) is 0. The first kappa shape index (κ1) is 21.0. The molecule has 9 nitrogen and oxygen atoms in total. The normalized spacial score (nSPS) is 11.8. The fraction of sp³-hybridized carbons (Fsp3) is 0.0455. The van der Waals surface area contributed by atoms with Crippen molar-refractivity contribution >= 4 is 44.0 Å². The van der Waals surface area contributed by atoms with Gasteiger partial charge in [0.05, 0.1) is 10.5 Å². The molecule has 0 radical (unpaired) electrons. The van der Waals surface area contributed by atoms with Gasteiger partial charge in [-0.3, -0.25) is 14.9 Å². The van der Waals surface area contributed by atoms with Gasteiger partial charge < -0.3 is 9.15 Å². The zero-order valence-corrected chi connectivity index (χ0v) is 19.1. The van der Waals surface area contributed by atoms with E-state index >= 15 is 0 Å². The molecular weight excluding hydrogens is 512 g/mol. The van der Waals surface area contributed by atoms with E-state index in [0.29, 0.717) is 38.2 Å². The molecule has 11 heteroatoms. The van der Waals surface area contributed by atoms with Crippen LogP contribution in [0, 0.1) is 10.1 Å². The maximum Gasteiger partial charge on any atom is 0.291 e. The Hall–Kier alpha value is -3.83. The second-order valence-electron chi connectivity index (χ2n) is 6.86. The lowest BCUT2D eigenvalue weighted by Gasteiger charge is -2.02. The Morgan fingerprint density at radius 2 is 1.94 bits per heavy atom. The van der Waals surface area contributed by atoms with Gasteiger partial charge in [-0.1, -0.05) is 39.4 Å². The SMILES string of the molecule is O=c1c(=Cc2ccc(-c3ccccc3[N+](=O)[O-])o2)sc2nc(COc3ccc(Br)cc3)nn12. The molecule has 3 heterocycles. The Balaban J connectivity index is 1.40. The standard InChI is InChI=1S/C22H13BrN4O5S/c23-13-5-7-14(8-6-13)31-12-20-24-22-26(25-20)21(28)19(33-22)11-15-9-10-18(32-15)16-3-1-2-4-17(16)27(29)30/h1-11H,12H2. The highest BCUT2D eigenvalue weighted by Crippen LogP contribution is 2.31. The Bertz CT molecular complexity index is 1590. The average molecular weight is 525 g/mol. The molecule has 0 spiro atoms. The van der Waals surface area contributed by atoms with E-state index in [1.807, 2.05) is 24.3 Å². The zero-order valence-electron chi connectivity index (χ0n) is 16.7. The topological polar surface area (TPSA) is 113 Å². The van der Waals surface area contributed by atoms with Gasteiger partial charge in [0.25, 0.3) is 11.2 Å². The molecule has 2 aromatic carbocycles. The summed E-state index contributed by atoms with van der Waals surface area (Å²) in [5, 5.41) is 15.5. The third-order valence-electron chi connectivity index (χ3n) is 4.67. The predicted molar refractivity (Wildman–Crippen MR) is 125 cm³/mol. The predicted octanol–water partition coefficient (Wildman–Crippen LogP) is 4.21. The third-order valence-corrected chi connectivity index (χ3v) is 6.16. The van der Waals surface area contributed by atoms with Gasteiger partial charge in [-0.25, -0.2) is 0 Å². The van der Waals surface area contributed by atoms with Crippen LogP contribution in [0.1, 0.15) is 11.6 Å². The number of nitro benzene ring substituents is 1. The molecule has 0 saturated carbocycles. The molecule has 3 aromatic heterocycles. The van der Waals surface area contributed by atoms with Crippen molar-refractivity contribution in [2.45, 2.75) is 6.61 Å². The van der Waals surface area contributed by atoms with Crippen LogP contribution in [0.25, 0.3) is 22.4 Å². The highest BCUT2D eigenvalue weighted by molar-refractivity contribution is 9.10. The van der Waals surface area contributed by atoms with Crippen molar-refractivity contribution in [1.82, 2.24) is 14.6 Å². The van der Waals surface area contributed by atoms with Gasteiger partial charge in [0, 0.05) is 16.6 Å². The molecule has 0 fully saturated rings. The molecular formula is C22H13BrN4O5S. The molecule has 5 aromatic rings. The summed E-state index contributed by atoms with van der Waals surface area (Å²) in [5.41, 5.74) is -0.0248. The van der Waals surface area contributed by atoms with E-state index in [1.165, 1.54) is 21.9 Å². The molecule has 0 unspecified atom stereocenters. The van der Waals surface area contributed by atoms with Crippen LogP contribution in [0.4, 0.5) is 5.69 Å². The van der Waals surface area contributed by atoms with Crippen molar-refractivity contribution in [3.8, 4) is 17.1 Å². The van der Waals surface area contributed by atoms with Gasteiger partial charge in [-0.05, 0) is 42.5 Å². The number of nitro groups is 1. The van der Waals surface area contributed by atoms with Crippen molar-refractivity contribution in [1.29, 1.82) is 0 Å². The molecule has 0 bridgehead atoms. The second-order valence-corrected chi connectivity index (χ2v) is 8.78. The number of fused-ring (bicyclic) bond motifs is 1. The molecule has 5 rings (SSSR count). The minimum Gasteiger partial charge on any atom is -0.486 e. The van der Waals surface area contributed by atoms with Crippen molar-refractivity contribution < 1.29 is 14.1 Å². The summed E-state index contributed by atoms with van der Waals surface area (Å²) in [6.45, 7) is 0.131. The summed E-state index contributed by atoms with van der Waals surface area (Å²) in [6.07, 6.45) is 1.57. The highest BCUT2D eigenvalue weighted by Gasteiger charge is 2.17. The molecule has 0 aliphatic carbocycles. The number of nitrogens with zero attached hydrogens (tertiary/aromatic N) is 4. The van der Waals surface area contributed by atoms with Crippen molar-refractivity contribution in [2.24, 2.45) is 0 Å². The van der Waals surface area contributed by atoms with Crippen LogP contribution in [0.2, 0.25) is 0 Å². The lowest BCUT2D eigenvalue weighted by Crippen LogP contribution is -2.23. The summed E-state index contributed by atoms with van der Waals surface area (Å²) in [4.78, 5) is 28.3. The Kier molecular flexibility index (Phi) is 5.48. The minimum atomic E-state index is -0.463. The average Bonchev–Trinajstić information content (AvgIpc) is 3.51. The highest BCUT2D eigenvalue weighted by atomic mass is 79.9. The summed E-state index contributed by atoms with van der Waals surface area (Å²) >= 11 is 4.53. The van der Waals surface area contributed by atoms with Crippen LogP contribution >= 0.6 is 27.3 Å². The fourth-order valence-corrected chi connectivity index (χ4v) is 4.33. The lowest BCUT2D eigenvalue weighted by molar-refractivity contribution is -0.384. The number of halogens is 1. The maximum atomic E-state index is 12.7. The van der Waals surface area contributed by atoms with E-state index in [4.69, 9.17) is 9.15 Å². The van der Waals surface area contributed by atoms with Crippen molar-refractivity contribution in [3.63, 3.8) is 0 Å². The maximum absolute atomic E-state index is 12.7. The lowest BCUT2D eigenvalue weighted by atomic mass is 10.1. The summed E-state index contributed by atoms with van der Waals surface area (Å²) in [5.74, 6) is 1.79. The number of para-hydroxylation sites is 1. The quantitative estimate of drug-likeness (QED) is 0.241. The molecule has 0 atom stereocenters. The van der Waals surface area contributed by atoms with Gasteiger partial charge >= 0.3 is 0 Å². The van der Waals surface area contributed by atoms with Crippen LogP contribution in [0.5, 0.6) is 5.75 Å². The van der Waals surface area contributed by atoms with Gasteiger partial charge in [0.2, 0.25) is 4.96 Å². The molecule has 0 saturated heterocycles. The van der Waals surface area contributed by atoms with E-state index in [-0.39, 0.29) is 17.9 Å². The monoisotopic (exact) mass is 524 g/mol. The Morgan fingerprint density at radius 1 is 1.15 bits per heavy atom. The number of ether oxygens (including phenoxy) is 1. The first-order valence-electron chi connectivity index (χ1n) is 9.60. The molecule has 0 aliphatic rings. The van der Waals surface area contributed by atoms with Crippen molar-refractivity contribution in [2.75, 3.05) is 0 Å². The van der Waals surface area contributed by atoms with Gasteiger partial charge in [-0.2, -0.15) is 9.50 Å². The molecule has 0 N–H and O–H groups in total. The third kappa shape index (κ3) is 4.28. The van der Waals surface area contributed by atoms with Gasteiger partial charge in [0.15, 0.2) is 5.82 Å². The van der Waals surface area contributed by atoms with E-state index in [2.05, 4.69) is 26.0 Å². The molecule has 164 valence electrons. The molecule has 0 aliphatic heterocycles. The first-order valence-corrected chi connectivity index (χ1v) is 11.2. The van der Waals surface area contributed by atoms with Crippen LogP contribution < -0.4 is 14.8 Å². The van der Waals surface area contributed by atoms with E-state index in [0.717, 1.165) is 4.47 Å². The van der Waals surface area contributed by atoms with Gasteiger partial charge in [-0.15, -0.1) is 5.10 Å². The van der Waals surface area contributed by atoms with E-state index in [9.17, 15) is 14.9 Å². The Labute approximate surface area is 197 Å². The van der Waals surface area contributed by atoms with Crippen LogP contribution in [0.15, 0.2) is 74.3 Å². The first-order chi connectivity index (χ1) is 16.0. The fourth-order valence-electron chi connectivity index (χ4n) is 3.16. The number of hydrogen-bond acceptors (Lipinski definition) is 8. The number of rotatable bonds is 6. The number of thiazole rings is 1. The number of aromatic nitrogens is 3. The Morgan fingerprint density at radius 3 is 2.70 bits per heavy atom. The van der Waals surface area contributed by atoms with Crippen LogP contribution in [-0.2, 0) is 6.61 Å². The van der Waals surface area contributed by atoms with E-state index in [1.54, 1.807) is 36.4 Å². The van der Waals surface area contributed by atoms with Gasteiger partial charge in [0.1, 0.15) is 28.4 Å². The van der Waals surface area contributed by atoms with E-state index < -0.39 is 4.92 Å². The number of benzene rings is 2. The molecule has 33 heavy (non-hydrogen) atoms. The van der Waals surface area contributed by atoms with Crippen molar-refractivity contribution in [3.05, 3.63) is 102 Å². The summed E-state index contributed by atoms with van der Waals surface area (Å²) in [7, 11) is 0. The largest absolute Gasteiger partial charge is 0.486 e. The smallest absolute Gasteiger partial charge is 0.291 e. The zero-order chi connectivity index (χ0) is 22.9. The minimum absolute atomic E-state index is 0.0559. The second kappa shape index (κ2) is 8.60.